The van der Waals surface area contributed by atoms with E-state index in [9.17, 15) is 9.59 Å². The second-order valence-corrected chi connectivity index (χ2v) is 7.50. The minimum Gasteiger partial charge on any atom is -0.482 e. The minimum atomic E-state index is -0.435. The first kappa shape index (κ1) is 18.3. The number of aromatic amines is 1. The van der Waals surface area contributed by atoms with Crippen molar-refractivity contribution in [3.8, 4) is 5.75 Å². The fourth-order valence-electron chi connectivity index (χ4n) is 2.76. The van der Waals surface area contributed by atoms with Crippen molar-refractivity contribution < 1.29 is 14.3 Å². The highest BCUT2D eigenvalue weighted by Crippen LogP contribution is 2.44. The molecule has 2 aromatic rings. The predicted octanol–water partition coefficient (Wildman–Crippen LogP) is 3.20. The average molecular weight is 375 g/mol. The number of thioether (sulfide) groups is 1. The maximum atomic E-state index is 12.5. The van der Waals surface area contributed by atoms with Gasteiger partial charge in [0.05, 0.1) is 23.0 Å². The number of ether oxygens (including phenoxy) is 2. The number of carbonyl (C=O) groups is 1. The molecule has 2 heterocycles. The lowest BCUT2D eigenvalue weighted by Crippen LogP contribution is -2.14. The lowest BCUT2D eigenvalue weighted by molar-refractivity contribution is -0.142. The molecular weight excluding hydrogens is 354 g/mol. The zero-order valence-electron chi connectivity index (χ0n) is 15.1. The van der Waals surface area contributed by atoms with E-state index in [1.165, 1.54) is 7.11 Å². The van der Waals surface area contributed by atoms with Gasteiger partial charge < -0.3 is 9.47 Å². The Bertz CT molecular complexity index is 896. The van der Waals surface area contributed by atoms with E-state index in [1.54, 1.807) is 23.9 Å². The molecule has 0 amide bonds. The van der Waals surface area contributed by atoms with Gasteiger partial charge in [-0.2, -0.15) is 0 Å². The summed E-state index contributed by atoms with van der Waals surface area (Å²) in [5.74, 6) is 0.825. The van der Waals surface area contributed by atoms with Crippen molar-refractivity contribution in [2.75, 3.05) is 13.7 Å². The molecule has 26 heavy (non-hydrogen) atoms. The number of aromatic nitrogens is 2. The molecule has 1 aliphatic heterocycles. The predicted molar refractivity (Wildman–Crippen MR) is 102 cm³/mol. The number of nitrogens with one attached hydrogen (secondary N) is 1. The van der Waals surface area contributed by atoms with Gasteiger partial charge in [-0.15, -0.1) is 0 Å². The van der Waals surface area contributed by atoms with Crippen LogP contribution in [0.1, 0.15) is 43.2 Å². The van der Waals surface area contributed by atoms with Crippen LogP contribution in [0, 0.1) is 0 Å². The smallest absolute Gasteiger partial charge is 0.343 e. The second kappa shape index (κ2) is 7.41. The Morgan fingerprint density at radius 1 is 1.35 bits per heavy atom. The number of hydrogen-bond donors (Lipinski definition) is 1. The number of carbonyl (C=O) groups excluding carboxylic acids is 1. The molecule has 0 fully saturated rings. The van der Waals surface area contributed by atoms with E-state index < -0.39 is 5.97 Å². The Morgan fingerprint density at radius 2 is 2.04 bits per heavy atom. The van der Waals surface area contributed by atoms with Crippen molar-refractivity contribution >= 4 is 28.6 Å². The molecule has 0 bridgehead atoms. The van der Waals surface area contributed by atoms with Crippen LogP contribution in [0.4, 0.5) is 5.82 Å². The molecule has 1 atom stereocenters. The monoisotopic (exact) mass is 375 g/mol. The lowest BCUT2D eigenvalue weighted by atomic mass is 10.1. The third-order valence-corrected chi connectivity index (χ3v) is 5.21. The van der Waals surface area contributed by atoms with Crippen LogP contribution in [0.5, 0.6) is 5.75 Å². The van der Waals surface area contributed by atoms with Gasteiger partial charge in [-0.1, -0.05) is 23.9 Å². The van der Waals surface area contributed by atoms with E-state index in [2.05, 4.69) is 14.8 Å². The van der Waals surface area contributed by atoms with Crippen molar-refractivity contribution in [3.63, 3.8) is 0 Å². The molecule has 8 heteroatoms. The summed E-state index contributed by atoms with van der Waals surface area (Å²) in [4.78, 5) is 28.3. The highest BCUT2D eigenvalue weighted by atomic mass is 32.2. The normalized spacial score (nSPS) is 16.2. The Hall–Kier alpha value is -2.48. The number of hydrogen-bond acceptors (Lipinski definition) is 6. The Morgan fingerprint density at radius 3 is 2.65 bits per heavy atom. The number of H-pyrrole nitrogens is 1. The summed E-state index contributed by atoms with van der Waals surface area (Å²) in [5, 5.41) is 3.66. The first-order chi connectivity index (χ1) is 12.4. The molecule has 1 aromatic heterocycles. The summed E-state index contributed by atoms with van der Waals surface area (Å²) in [6.07, 6.45) is 0. The van der Waals surface area contributed by atoms with Crippen molar-refractivity contribution in [1.29, 1.82) is 0 Å². The van der Waals surface area contributed by atoms with Gasteiger partial charge in [0.15, 0.2) is 12.4 Å². The topological polar surface area (TPSA) is 85.7 Å². The molecule has 0 aliphatic carbocycles. The van der Waals surface area contributed by atoms with Crippen molar-refractivity contribution in [3.05, 3.63) is 45.7 Å². The average Bonchev–Trinajstić information content (AvgIpc) is 2.96. The number of methoxy groups -OCH3 is 1. The third-order valence-electron chi connectivity index (χ3n) is 4.03. The fourth-order valence-corrected chi connectivity index (χ4v) is 3.86. The molecule has 1 aromatic carbocycles. The molecule has 7 nitrogen and oxygen atoms in total. The van der Waals surface area contributed by atoms with Crippen LogP contribution in [0.25, 0.3) is 0 Å². The minimum absolute atomic E-state index is 0.112. The van der Waals surface area contributed by atoms with Crippen LogP contribution in [0.3, 0.4) is 0 Å². The highest BCUT2D eigenvalue weighted by molar-refractivity contribution is 8.14. The number of aliphatic imine (C=N–C) groups is 1. The Labute approximate surface area is 155 Å². The molecule has 0 saturated carbocycles. The summed E-state index contributed by atoms with van der Waals surface area (Å²) in [6.45, 7) is 5.81. The SMILES string of the molecule is COC(=O)COc1ccc([C@@H]2SC(C)=Nc3c2c(=O)[nH]n3C(C)C)cc1. The zero-order chi connectivity index (χ0) is 18.8. The number of rotatable bonds is 5. The van der Waals surface area contributed by atoms with Gasteiger partial charge in [0.2, 0.25) is 0 Å². The van der Waals surface area contributed by atoms with Gasteiger partial charge in [0, 0.05) is 6.04 Å². The molecule has 0 saturated heterocycles. The van der Waals surface area contributed by atoms with Gasteiger partial charge in [-0.3, -0.25) is 14.6 Å². The Kier molecular flexibility index (Phi) is 5.22. The number of benzene rings is 1. The second-order valence-electron chi connectivity index (χ2n) is 6.20. The van der Waals surface area contributed by atoms with Gasteiger partial charge in [0.25, 0.3) is 5.56 Å². The maximum absolute atomic E-state index is 12.5. The first-order valence-corrected chi connectivity index (χ1v) is 9.14. The molecule has 0 radical (unpaired) electrons. The summed E-state index contributed by atoms with van der Waals surface area (Å²) in [7, 11) is 1.32. The summed E-state index contributed by atoms with van der Waals surface area (Å²) in [5.41, 5.74) is 1.52. The summed E-state index contributed by atoms with van der Waals surface area (Å²) < 4.78 is 11.7. The van der Waals surface area contributed by atoms with Crippen LogP contribution >= 0.6 is 11.8 Å². The van der Waals surface area contributed by atoms with E-state index in [0.717, 1.165) is 10.6 Å². The van der Waals surface area contributed by atoms with Gasteiger partial charge >= 0.3 is 5.97 Å². The van der Waals surface area contributed by atoms with E-state index in [0.29, 0.717) is 17.1 Å². The van der Waals surface area contributed by atoms with Crippen LogP contribution in [0.2, 0.25) is 0 Å². The van der Waals surface area contributed by atoms with E-state index in [-0.39, 0.29) is 23.5 Å². The van der Waals surface area contributed by atoms with Crippen LogP contribution in [-0.4, -0.2) is 34.5 Å². The third kappa shape index (κ3) is 3.55. The molecule has 3 rings (SSSR count). The highest BCUT2D eigenvalue weighted by Gasteiger charge is 2.30. The molecule has 0 spiro atoms. The molecule has 1 N–H and O–H groups in total. The maximum Gasteiger partial charge on any atom is 0.343 e. The molecule has 1 aliphatic rings. The van der Waals surface area contributed by atoms with Crippen LogP contribution in [0.15, 0.2) is 34.1 Å². The van der Waals surface area contributed by atoms with E-state index >= 15 is 0 Å². The van der Waals surface area contributed by atoms with Crippen molar-refractivity contribution in [2.45, 2.75) is 32.1 Å². The number of fused-ring (bicyclic) bond motifs is 1. The Balaban J connectivity index is 1.90. The van der Waals surface area contributed by atoms with E-state index in [4.69, 9.17) is 4.74 Å². The quantitative estimate of drug-likeness (QED) is 0.811. The van der Waals surface area contributed by atoms with Crippen LogP contribution < -0.4 is 10.3 Å². The number of esters is 1. The molecular formula is C18H21N3O4S. The van der Waals surface area contributed by atoms with Gasteiger partial charge in [0.1, 0.15) is 5.75 Å². The summed E-state index contributed by atoms with van der Waals surface area (Å²) in [6, 6.07) is 7.48. The van der Waals surface area contributed by atoms with Crippen molar-refractivity contribution in [2.24, 2.45) is 4.99 Å². The van der Waals surface area contributed by atoms with Crippen molar-refractivity contribution in [1.82, 2.24) is 9.78 Å². The first-order valence-electron chi connectivity index (χ1n) is 8.26. The zero-order valence-corrected chi connectivity index (χ0v) is 15.9. The van der Waals surface area contributed by atoms with Gasteiger partial charge in [-0.05, 0) is 38.5 Å². The lowest BCUT2D eigenvalue weighted by Gasteiger charge is -2.21. The summed E-state index contributed by atoms with van der Waals surface area (Å²) >= 11 is 1.55. The van der Waals surface area contributed by atoms with Gasteiger partial charge in [-0.25, -0.2) is 9.79 Å². The van der Waals surface area contributed by atoms with E-state index in [1.807, 2.05) is 37.6 Å². The standard InChI is InChI=1S/C18H21N3O4S/c1-10(2)21-17-15(18(23)20-21)16(26-11(3)19-17)12-5-7-13(8-6-12)25-9-14(22)24-4/h5-8,10,16H,9H2,1-4H3,(H,20,23)/t16-/m0/s1. The molecule has 138 valence electrons. The fraction of sp³-hybridized carbons (Fsp3) is 0.389. The number of nitrogens with zero attached hydrogens (tertiary/aromatic N) is 2. The van der Waals surface area contributed by atoms with Crippen LogP contribution in [-0.2, 0) is 9.53 Å². The largest absolute Gasteiger partial charge is 0.482 e. The molecule has 0 unspecified atom stereocenters.